The molecule has 0 atom stereocenters. The van der Waals surface area contributed by atoms with Crippen LogP contribution in [0.25, 0.3) is 22.9 Å². The molecular formula is C19H10FN3S. The third-order valence-corrected chi connectivity index (χ3v) is 4.22. The fourth-order valence-electron chi connectivity index (χ4n) is 2.11. The van der Waals surface area contributed by atoms with Gasteiger partial charge in [0.1, 0.15) is 16.9 Å². The predicted molar refractivity (Wildman–Crippen MR) is 92.1 cm³/mol. The molecule has 3 nitrogen and oxygen atoms in total. The van der Waals surface area contributed by atoms with Gasteiger partial charge in [-0.1, -0.05) is 12.1 Å². The molecule has 0 fully saturated rings. The van der Waals surface area contributed by atoms with Gasteiger partial charge >= 0.3 is 0 Å². The van der Waals surface area contributed by atoms with Crippen molar-refractivity contribution in [2.45, 2.75) is 0 Å². The minimum Gasteiger partial charge on any atom is -0.235 e. The van der Waals surface area contributed by atoms with Crippen molar-refractivity contribution in [2.24, 2.45) is 0 Å². The van der Waals surface area contributed by atoms with Gasteiger partial charge < -0.3 is 0 Å². The van der Waals surface area contributed by atoms with Gasteiger partial charge in [0.25, 0.3) is 0 Å². The smallest absolute Gasteiger partial charge is 0.134 e. The fraction of sp³-hybridized carbons (Fsp3) is 0. The largest absolute Gasteiger partial charge is 0.235 e. The molecule has 2 aromatic carbocycles. The Morgan fingerprint density at radius 3 is 2.38 bits per heavy atom. The van der Waals surface area contributed by atoms with E-state index in [1.165, 1.54) is 23.5 Å². The van der Waals surface area contributed by atoms with Crippen molar-refractivity contribution in [3.8, 4) is 23.4 Å². The number of benzene rings is 2. The SMILES string of the molecule is N#CC(=Cc1ccc(C#N)cc1)c1nc(-c2ccc(F)cc2)cs1. The van der Waals surface area contributed by atoms with Crippen LogP contribution in [0, 0.1) is 28.5 Å². The highest BCUT2D eigenvalue weighted by atomic mass is 32.1. The third-order valence-electron chi connectivity index (χ3n) is 3.35. The van der Waals surface area contributed by atoms with Crippen molar-refractivity contribution in [1.29, 1.82) is 10.5 Å². The summed E-state index contributed by atoms with van der Waals surface area (Å²) in [6, 6.07) is 17.3. The molecule has 3 rings (SSSR count). The van der Waals surface area contributed by atoms with Crippen LogP contribution in [0.15, 0.2) is 53.9 Å². The highest BCUT2D eigenvalue weighted by Gasteiger charge is 2.09. The highest BCUT2D eigenvalue weighted by molar-refractivity contribution is 7.11. The van der Waals surface area contributed by atoms with Crippen LogP contribution in [-0.4, -0.2) is 4.98 Å². The molecule has 0 aliphatic rings. The molecule has 0 N–H and O–H groups in total. The Balaban J connectivity index is 1.91. The van der Waals surface area contributed by atoms with Crippen LogP contribution < -0.4 is 0 Å². The molecule has 0 saturated carbocycles. The Morgan fingerprint density at radius 2 is 1.75 bits per heavy atom. The van der Waals surface area contributed by atoms with E-state index in [-0.39, 0.29) is 5.82 Å². The second kappa shape index (κ2) is 6.87. The number of nitrogens with zero attached hydrogens (tertiary/aromatic N) is 3. The minimum atomic E-state index is -0.298. The van der Waals surface area contributed by atoms with Gasteiger partial charge in [-0.15, -0.1) is 11.3 Å². The van der Waals surface area contributed by atoms with Crippen LogP contribution in [-0.2, 0) is 0 Å². The number of hydrogen-bond donors (Lipinski definition) is 0. The van der Waals surface area contributed by atoms with Gasteiger partial charge in [-0.3, -0.25) is 0 Å². The number of allylic oxidation sites excluding steroid dienone is 1. The molecule has 1 aromatic heterocycles. The van der Waals surface area contributed by atoms with Crippen LogP contribution in [0.2, 0.25) is 0 Å². The second-order valence-electron chi connectivity index (χ2n) is 4.95. The molecule has 0 radical (unpaired) electrons. The summed E-state index contributed by atoms with van der Waals surface area (Å²) in [5.41, 5.74) is 3.34. The summed E-state index contributed by atoms with van der Waals surface area (Å²) < 4.78 is 13.0. The first-order valence-corrected chi connectivity index (χ1v) is 7.91. The van der Waals surface area contributed by atoms with E-state index in [1.54, 1.807) is 42.5 Å². The molecule has 24 heavy (non-hydrogen) atoms. The Bertz CT molecular complexity index is 971. The van der Waals surface area contributed by atoms with Crippen LogP contribution in [0.4, 0.5) is 4.39 Å². The van der Waals surface area contributed by atoms with Crippen molar-refractivity contribution < 1.29 is 4.39 Å². The van der Waals surface area contributed by atoms with Gasteiger partial charge in [-0.05, 0) is 48.0 Å². The lowest BCUT2D eigenvalue weighted by atomic mass is 10.1. The molecule has 3 aromatic rings. The zero-order valence-corrected chi connectivity index (χ0v) is 13.2. The van der Waals surface area contributed by atoms with Gasteiger partial charge in [0.05, 0.1) is 22.9 Å². The van der Waals surface area contributed by atoms with Crippen molar-refractivity contribution >= 4 is 23.0 Å². The first kappa shape index (κ1) is 15.6. The lowest BCUT2D eigenvalue weighted by Gasteiger charge is -1.97. The molecule has 0 aliphatic heterocycles. The maximum absolute atomic E-state index is 13.0. The quantitative estimate of drug-likeness (QED) is 0.642. The molecular weight excluding hydrogens is 321 g/mol. The van der Waals surface area contributed by atoms with Crippen LogP contribution in [0.3, 0.4) is 0 Å². The summed E-state index contributed by atoms with van der Waals surface area (Å²) in [5, 5.41) is 20.7. The minimum absolute atomic E-state index is 0.298. The standard InChI is InChI=1S/C19H10FN3S/c20-17-7-5-15(6-8-17)18-12-24-19(23-18)16(11-22)9-13-1-3-14(10-21)4-2-13/h1-9,12H. The number of rotatable bonds is 3. The first-order chi connectivity index (χ1) is 11.7. The molecule has 0 spiro atoms. The average molecular weight is 331 g/mol. The summed E-state index contributed by atoms with van der Waals surface area (Å²) in [5.74, 6) is -0.298. The van der Waals surface area contributed by atoms with Crippen molar-refractivity contribution in [3.05, 3.63) is 75.9 Å². The van der Waals surface area contributed by atoms with Gasteiger partial charge in [-0.25, -0.2) is 9.37 Å². The van der Waals surface area contributed by atoms with E-state index < -0.39 is 0 Å². The molecule has 1 heterocycles. The normalized spacial score (nSPS) is 10.9. The van der Waals surface area contributed by atoms with Crippen molar-refractivity contribution in [1.82, 2.24) is 4.98 Å². The number of nitriles is 2. The zero-order chi connectivity index (χ0) is 16.9. The molecule has 114 valence electrons. The zero-order valence-electron chi connectivity index (χ0n) is 12.4. The van der Waals surface area contributed by atoms with Crippen LogP contribution in [0.5, 0.6) is 0 Å². The van der Waals surface area contributed by atoms with Gasteiger partial charge in [0, 0.05) is 10.9 Å². The Hall–Kier alpha value is -3.28. The number of hydrogen-bond acceptors (Lipinski definition) is 4. The van der Waals surface area contributed by atoms with E-state index >= 15 is 0 Å². The summed E-state index contributed by atoms with van der Waals surface area (Å²) in [7, 11) is 0. The first-order valence-electron chi connectivity index (χ1n) is 7.03. The predicted octanol–water partition coefficient (Wildman–Crippen LogP) is 4.89. The molecule has 0 aliphatic carbocycles. The molecule has 5 heteroatoms. The lowest BCUT2D eigenvalue weighted by molar-refractivity contribution is 0.628. The van der Waals surface area contributed by atoms with E-state index in [9.17, 15) is 9.65 Å². The van der Waals surface area contributed by atoms with Crippen molar-refractivity contribution in [3.63, 3.8) is 0 Å². The Morgan fingerprint density at radius 1 is 1.04 bits per heavy atom. The molecule has 0 amide bonds. The topological polar surface area (TPSA) is 60.5 Å². The number of thiazole rings is 1. The van der Waals surface area contributed by atoms with Gasteiger partial charge in [0.15, 0.2) is 0 Å². The monoisotopic (exact) mass is 331 g/mol. The second-order valence-corrected chi connectivity index (χ2v) is 5.81. The lowest BCUT2D eigenvalue weighted by Crippen LogP contribution is -1.84. The molecule has 0 unspecified atom stereocenters. The number of halogens is 1. The molecule has 0 saturated heterocycles. The summed E-state index contributed by atoms with van der Waals surface area (Å²) in [6.07, 6.45) is 1.73. The van der Waals surface area contributed by atoms with Gasteiger partial charge in [0.2, 0.25) is 0 Å². The van der Waals surface area contributed by atoms with E-state index in [1.807, 2.05) is 5.38 Å². The summed E-state index contributed by atoms with van der Waals surface area (Å²) in [4.78, 5) is 4.46. The van der Waals surface area contributed by atoms with E-state index in [4.69, 9.17) is 5.26 Å². The maximum atomic E-state index is 13.0. The Labute approximate surface area is 142 Å². The number of aromatic nitrogens is 1. The third kappa shape index (κ3) is 3.38. The fourth-order valence-corrected chi connectivity index (χ4v) is 2.91. The van der Waals surface area contributed by atoms with E-state index in [0.29, 0.717) is 21.8 Å². The molecule has 0 bridgehead atoms. The highest BCUT2D eigenvalue weighted by Crippen LogP contribution is 2.27. The summed E-state index contributed by atoms with van der Waals surface area (Å²) >= 11 is 1.36. The average Bonchev–Trinajstić information content (AvgIpc) is 3.10. The summed E-state index contributed by atoms with van der Waals surface area (Å²) in [6.45, 7) is 0. The van der Waals surface area contributed by atoms with Crippen LogP contribution >= 0.6 is 11.3 Å². The Kier molecular flexibility index (Phi) is 4.47. The van der Waals surface area contributed by atoms with Gasteiger partial charge in [-0.2, -0.15) is 10.5 Å². The van der Waals surface area contributed by atoms with Crippen LogP contribution in [0.1, 0.15) is 16.1 Å². The maximum Gasteiger partial charge on any atom is 0.134 e. The van der Waals surface area contributed by atoms with E-state index in [2.05, 4.69) is 17.1 Å². The van der Waals surface area contributed by atoms with Crippen molar-refractivity contribution in [2.75, 3.05) is 0 Å². The van der Waals surface area contributed by atoms with E-state index in [0.717, 1.165) is 11.1 Å².